The van der Waals surface area contributed by atoms with Gasteiger partial charge in [0.25, 0.3) is 5.56 Å². The largest absolute Gasteiger partial charge is 0.397 e. The van der Waals surface area contributed by atoms with E-state index in [0.717, 1.165) is 5.69 Å². The summed E-state index contributed by atoms with van der Waals surface area (Å²) in [6.45, 7) is 2.64. The third-order valence-corrected chi connectivity index (χ3v) is 2.76. The van der Waals surface area contributed by atoms with Crippen molar-refractivity contribution >= 4 is 22.3 Å². The van der Waals surface area contributed by atoms with Gasteiger partial charge in [-0.3, -0.25) is 4.79 Å². The van der Waals surface area contributed by atoms with E-state index in [1.165, 1.54) is 6.33 Å². The van der Waals surface area contributed by atoms with Crippen LogP contribution in [0.4, 0.5) is 11.4 Å². The van der Waals surface area contributed by atoms with Gasteiger partial charge in [-0.05, 0) is 18.1 Å². The molecule has 1 aromatic heterocycles. The van der Waals surface area contributed by atoms with Crippen molar-refractivity contribution in [3.05, 3.63) is 28.8 Å². The normalized spacial score (nSPS) is 12.6. The molecule has 1 atom stereocenters. The van der Waals surface area contributed by atoms with Crippen LogP contribution in [0.2, 0.25) is 0 Å². The first-order valence-electron chi connectivity index (χ1n) is 5.73. The van der Waals surface area contributed by atoms with Crippen LogP contribution < -0.4 is 16.6 Å². The second-order valence-corrected chi connectivity index (χ2v) is 4.36. The fourth-order valence-electron chi connectivity index (χ4n) is 1.63. The van der Waals surface area contributed by atoms with Gasteiger partial charge in [-0.2, -0.15) is 0 Å². The standard InChI is InChI=1S/C12H16N4O2/c1-7(5-17)4-14-11-3-10-8(2-9(11)13)12(18)16-6-15-10/h2-3,6-7,14,17H,4-5,13H2,1H3,(H,15,16,18). The van der Waals surface area contributed by atoms with Crippen LogP contribution in [0.25, 0.3) is 10.9 Å². The molecule has 0 radical (unpaired) electrons. The van der Waals surface area contributed by atoms with E-state index in [1.54, 1.807) is 12.1 Å². The highest BCUT2D eigenvalue weighted by Crippen LogP contribution is 2.22. The summed E-state index contributed by atoms with van der Waals surface area (Å²) in [7, 11) is 0. The third-order valence-electron chi connectivity index (χ3n) is 2.76. The van der Waals surface area contributed by atoms with Crippen LogP contribution in [0.1, 0.15) is 6.92 Å². The Morgan fingerprint density at radius 3 is 3.06 bits per heavy atom. The number of nitrogens with zero attached hydrogens (tertiary/aromatic N) is 1. The second-order valence-electron chi connectivity index (χ2n) is 4.36. The number of hydrogen-bond acceptors (Lipinski definition) is 5. The fourth-order valence-corrected chi connectivity index (χ4v) is 1.63. The molecule has 6 heteroatoms. The number of anilines is 2. The van der Waals surface area contributed by atoms with Crippen LogP contribution in [0.15, 0.2) is 23.3 Å². The Morgan fingerprint density at radius 1 is 1.56 bits per heavy atom. The third kappa shape index (κ3) is 2.43. The SMILES string of the molecule is CC(CO)CNc1cc2nc[nH]c(=O)c2cc1N. The number of benzene rings is 1. The molecule has 0 saturated carbocycles. The van der Waals surface area contributed by atoms with Gasteiger partial charge in [0.1, 0.15) is 0 Å². The van der Waals surface area contributed by atoms with Crippen LogP contribution in [-0.4, -0.2) is 28.2 Å². The maximum atomic E-state index is 11.6. The van der Waals surface area contributed by atoms with Crippen LogP contribution >= 0.6 is 0 Å². The molecular weight excluding hydrogens is 232 g/mol. The number of aromatic amines is 1. The van der Waals surface area contributed by atoms with Crippen molar-refractivity contribution in [2.75, 3.05) is 24.2 Å². The predicted molar refractivity (Wildman–Crippen MR) is 71.5 cm³/mol. The van der Waals surface area contributed by atoms with E-state index in [9.17, 15) is 4.79 Å². The van der Waals surface area contributed by atoms with E-state index >= 15 is 0 Å². The molecule has 0 saturated heterocycles. The molecule has 1 unspecified atom stereocenters. The van der Waals surface area contributed by atoms with E-state index in [2.05, 4.69) is 15.3 Å². The Balaban J connectivity index is 2.35. The monoisotopic (exact) mass is 248 g/mol. The van der Waals surface area contributed by atoms with E-state index in [4.69, 9.17) is 10.8 Å². The van der Waals surface area contributed by atoms with Crippen molar-refractivity contribution in [2.24, 2.45) is 5.92 Å². The maximum absolute atomic E-state index is 11.6. The molecule has 1 heterocycles. The zero-order valence-electron chi connectivity index (χ0n) is 10.1. The molecule has 0 fully saturated rings. The van der Waals surface area contributed by atoms with Gasteiger partial charge in [0, 0.05) is 13.2 Å². The highest BCUT2D eigenvalue weighted by molar-refractivity contribution is 5.88. The zero-order valence-corrected chi connectivity index (χ0v) is 10.1. The van der Waals surface area contributed by atoms with Gasteiger partial charge < -0.3 is 21.1 Å². The second kappa shape index (κ2) is 5.05. The van der Waals surface area contributed by atoms with E-state index in [0.29, 0.717) is 23.1 Å². The van der Waals surface area contributed by atoms with Crippen LogP contribution in [0.3, 0.4) is 0 Å². The first-order valence-corrected chi connectivity index (χ1v) is 5.73. The quantitative estimate of drug-likeness (QED) is 0.591. The molecule has 0 aliphatic heterocycles. The van der Waals surface area contributed by atoms with Crippen molar-refractivity contribution in [1.82, 2.24) is 9.97 Å². The molecule has 2 rings (SSSR count). The zero-order chi connectivity index (χ0) is 13.1. The summed E-state index contributed by atoms with van der Waals surface area (Å²) in [6.07, 6.45) is 1.36. The lowest BCUT2D eigenvalue weighted by Crippen LogP contribution is -2.15. The number of H-pyrrole nitrogens is 1. The highest BCUT2D eigenvalue weighted by Gasteiger charge is 2.07. The lowest BCUT2D eigenvalue weighted by atomic mass is 10.1. The number of aromatic nitrogens is 2. The predicted octanol–water partition coefficient (Wildman–Crippen LogP) is 0.546. The number of rotatable bonds is 4. The van der Waals surface area contributed by atoms with E-state index in [1.807, 2.05) is 6.92 Å². The minimum Gasteiger partial charge on any atom is -0.397 e. The molecule has 0 aliphatic rings. The number of nitrogens with two attached hydrogens (primary N) is 1. The smallest absolute Gasteiger partial charge is 0.258 e. The van der Waals surface area contributed by atoms with Gasteiger partial charge in [-0.1, -0.05) is 6.92 Å². The summed E-state index contributed by atoms with van der Waals surface area (Å²) in [5.74, 6) is 0.132. The van der Waals surface area contributed by atoms with E-state index in [-0.39, 0.29) is 18.1 Å². The molecule has 96 valence electrons. The van der Waals surface area contributed by atoms with Crippen LogP contribution in [0, 0.1) is 5.92 Å². The average Bonchev–Trinajstić information content (AvgIpc) is 2.37. The molecule has 0 amide bonds. The number of nitrogens with one attached hydrogen (secondary N) is 2. The van der Waals surface area contributed by atoms with Gasteiger partial charge in [0.15, 0.2) is 0 Å². The Labute approximate surface area is 104 Å². The van der Waals surface area contributed by atoms with Gasteiger partial charge in [0.2, 0.25) is 0 Å². The molecule has 0 bridgehead atoms. The van der Waals surface area contributed by atoms with Gasteiger partial charge in [-0.25, -0.2) is 4.98 Å². The van der Waals surface area contributed by atoms with Crippen molar-refractivity contribution in [3.63, 3.8) is 0 Å². The number of nitrogen functional groups attached to an aromatic ring is 1. The summed E-state index contributed by atoms with van der Waals surface area (Å²) >= 11 is 0. The summed E-state index contributed by atoms with van der Waals surface area (Å²) in [5, 5.41) is 12.6. The molecule has 6 nitrogen and oxygen atoms in total. The molecule has 0 aliphatic carbocycles. The van der Waals surface area contributed by atoms with Crippen molar-refractivity contribution in [3.8, 4) is 0 Å². The minimum atomic E-state index is -0.207. The Bertz CT molecular complexity index is 609. The molecule has 18 heavy (non-hydrogen) atoms. The summed E-state index contributed by atoms with van der Waals surface area (Å²) < 4.78 is 0. The molecule has 2 aromatic rings. The Hall–Kier alpha value is -2.08. The van der Waals surface area contributed by atoms with Gasteiger partial charge >= 0.3 is 0 Å². The number of aliphatic hydroxyl groups excluding tert-OH is 1. The van der Waals surface area contributed by atoms with E-state index < -0.39 is 0 Å². The first kappa shape index (κ1) is 12.4. The molecule has 5 N–H and O–H groups in total. The molecule has 1 aromatic carbocycles. The lowest BCUT2D eigenvalue weighted by molar-refractivity contribution is 0.244. The lowest BCUT2D eigenvalue weighted by Gasteiger charge is -2.13. The Kier molecular flexibility index (Phi) is 3.47. The summed E-state index contributed by atoms with van der Waals surface area (Å²) in [5.41, 5.74) is 7.48. The number of fused-ring (bicyclic) bond motifs is 1. The maximum Gasteiger partial charge on any atom is 0.258 e. The molecule has 0 spiro atoms. The molecular formula is C12H16N4O2. The number of aliphatic hydroxyl groups is 1. The minimum absolute atomic E-state index is 0.110. The van der Waals surface area contributed by atoms with Gasteiger partial charge in [0.05, 0.1) is 28.6 Å². The Morgan fingerprint density at radius 2 is 2.33 bits per heavy atom. The summed E-state index contributed by atoms with van der Waals surface area (Å²) in [6, 6.07) is 3.34. The van der Waals surface area contributed by atoms with Crippen LogP contribution in [-0.2, 0) is 0 Å². The van der Waals surface area contributed by atoms with Gasteiger partial charge in [-0.15, -0.1) is 0 Å². The average molecular weight is 248 g/mol. The van der Waals surface area contributed by atoms with Crippen molar-refractivity contribution < 1.29 is 5.11 Å². The van der Waals surface area contributed by atoms with Crippen molar-refractivity contribution in [1.29, 1.82) is 0 Å². The fraction of sp³-hybridized carbons (Fsp3) is 0.333. The number of hydrogen-bond donors (Lipinski definition) is 4. The topological polar surface area (TPSA) is 104 Å². The van der Waals surface area contributed by atoms with Crippen LogP contribution in [0.5, 0.6) is 0 Å². The van der Waals surface area contributed by atoms with Crippen molar-refractivity contribution in [2.45, 2.75) is 6.92 Å². The summed E-state index contributed by atoms with van der Waals surface area (Å²) in [4.78, 5) is 18.1. The first-order chi connectivity index (χ1) is 8.61. The highest BCUT2D eigenvalue weighted by atomic mass is 16.3.